The Bertz CT molecular complexity index is 311. The van der Waals surface area contributed by atoms with Gasteiger partial charge in [-0.1, -0.05) is 20.8 Å². The zero-order valence-corrected chi connectivity index (χ0v) is 9.04. The lowest BCUT2D eigenvalue weighted by atomic mass is 9.88. The van der Waals surface area contributed by atoms with E-state index in [9.17, 15) is 10.2 Å². The van der Waals surface area contributed by atoms with Crippen molar-refractivity contribution in [1.82, 2.24) is 0 Å². The van der Waals surface area contributed by atoms with E-state index in [-0.39, 0.29) is 16.9 Å². The maximum absolute atomic E-state index is 9.52. The van der Waals surface area contributed by atoms with Crippen LogP contribution >= 0.6 is 0 Å². The van der Waals surface area contributed by atoms with Crippen LogP contribution in [-0.2, 0) is 6.42 Å². The third-order valence-corrected chi connectivity index (χ3v) is 2.21. The Morgan fingerprint density at radius 1 is 1.14 bits per heavy atom. The first-order chi connectivity index (χ1) is 6.38. The number of aryl methyl sites for hydroxylation is 1. The van der Waals surface area contributed by atoms with Gasteiger partial charge in [-0.05, 0) is 42.0 Å². The minimum absolute atomic E-state index is 0.215. The lowest BCUT2D eigenvalue weighted by Crippen LogP contribution is -2.06. The van der Waals surface area contributed by atoms with Crippen molar-refractivity contribution >= 4 is 0 Å². The molecule has 0 aromatic heterocycles. The van der Waals surface area contributed by atoms with E-state index in [1.807, 2.05) is 0 Å². The van der Waals surface area contributed by atoms with E-state index in [1.54, 1.807) is 6.07 Å². The van der Waals surface area contributed by atoms with Crippen LogP contribution in [0, 0.1) is 5.41 Å². The van der Waals surface area contributed by atoms with Gasteiger partial charge >= 0.3 is 0 Å². The van der Waals surface area contributed by atoms with Crippen LogP contribution in [0.4, 0.5) is 0 Å². The molecule has 14 heavy (non-hydrogen) atoms. The lowest BCUT2D eigenvalue weighted by molar-refractivity contribution is 0.373. The maximum atomic E-state index is 9.52. The Morgan fingerprint density at radius 2 is 1.79 bits per heavy atom. The highest BCUT2D eigenvalue weighted by Gasteiger charge is 2.11. The van der Waals surface area contributed by atoms with E-state index >= 15 is 0 Å². The second-order valence-electron chi connectivity index (χ2n) is 4.87. The normalized spacial score (nSPS) is 11.6. The largest absolute Gasteiger partial charge is 0.508 e. The van der Waals surface area contributed by atoms with E-state index in [1.165, 1.54) is 12.1 Å². The van der Waals surface area contributed by atoms with Gasteiger partial charge in [0.25, 0.3) is 0 Å². The summed E-state index contributed by atoms with van der Waals surface area (Å²) in [4.78, 5) is 0. The Hall–Kier alpha value is -1.18. The van der Waals surface area contributed by atoms with Crippen molar-refractivity contribution in [3.8, 4) is 11.5 Å². The lowest BCUT2D eigenvalue weighted by Gasteiger charge is -2.18. The Balaban J connectivity index is 2.72. The van der Waals surface area contributed by atoms with Gasteiger partial charge in [-0.2, -0.15) is 0 Å². The van der Waals surface area contributed by atoms with Gasteiger partial charge in [0.2, 0.25) is 0 Å². The highest BCUT2D eigenvalue weighted by atomic mass is 16.3. The molecule has 0 unspecified atom stereocenters. The van der Waals surface area contributed by atoms with Crippen LogP contribution in [0.25, 0.3) is 0 Å². The van der Waals surface area contributed by atoms with Crippen LogP contribution in [-0.4, -0.2) is 10.2 Å². The molecule has 2 N–H and O–H groups in total. The summed E-state index contributed by atoms with van der Waals surface area (Å²) >= 11 is 0. The smallest absolute Gasteiger partial charge is 0.119 e. The second kappa shape index (κ2) is 3.91. The van der Waals surface area contributed by atoms with Crippen LogP contribution in [0.5, 0.6) is 11.5 Å². The molecule has 2 heteroatoms. The van der Waals surface area contributed by atoms with Crippen molar-refractivity contribution in [2.24, 2.45) is 5.41 Å². The fraction of sp³-hybridized carbons (Fsp3) is 0.500. The zero-order chi connectivity index (χ0) is 10.8. The van der Waals surface area contributed by atoms with Crippen molar-refractivity contribution in [3.63, 3.8) is 0 Å². The van der Waals surface area contributed by atoms with E-state index in [2.05, 4.69) is 20.8 Å². The van der Waals surface area contributed by atoms with Crippen molar-refractivity contribution in [2.45, 2.75) is 33.6 Å². The number of benzene rings is 1. The molecule has 1 rings (SSSR count). The topological polar surface area (TPSA) is 40.5 Å². The molecule has 0 atom stereocenters. The molecule has 0 aliphatic heterocycles. The molecule has 0 amide bonds. The van der Waals surface area contributed by atoms with Gasteiger partial charge in [-0.15, -0.1) is 0 Å². The highest BCUT2D eigenvalue weighted by Crippen LogP contribution is 2.27. The highest BCUT2D eigenvalue weighted by molar-refractivity contribution is 5.38. The quantitative estimate of drug-likeness (QED) is 0.710. The second-order valence-corrected chi connectivity index (χ2v) is 4.87. The average Bonchev–Trinajstić information content (AvgIpc) is 2.05. The standard InChI is InChI=1S/C12H18O2/c1-12(2,3)7-6-9-8-10(13)4-5-11(9)14/h4-5,8,13-14H,6-7H2,1-3H3. The molecule has 0 radical (unpaired) electrons. The number of hydrogen-bond donors (Lipinski definition) is 2. The molecule has 1 aromatic carbocycles. The van der Waals surface area contributed by atoms with Gasteiger partial charge < -0.3 is 10.2 Å². The molecule has 0 aliphatic carbocycles. The van der Waals surface area contributed by atoms with Crippen LogP contribution in [0.15, 0.2) is 18.2 Å². The summed E-state index contributed by atoms with van der Waals surface area (Å²) in [7, 11) is 0. The summed E-state index contributed by atoms with van der Waals surface area (Å²) in [6.07, 6.45) is 1.79. The Kier molecular flexibility index (Phi) is 3.04. The number of aromatic hydroxyl groups is 2. The molecule has 0 fully saturated rings. The molecule has 0 heterocycles. The number of hydrogen-bond acceptors (Lipinski definition) is 2. The molecule has 0 bridgehead atoms. The Labute approximate surface area is 85.2 Å². The maximum Gasteiger partial charge on any atom is 0.119 e. The summed E-state index contributed by atoms with van der Waals surface area (Å²) < 4.78 is 0. The van der Waals surface area contributed by atoms with Gasteiger partial charge in [0.05, 0.1) is 0 Å². The zero-order valence-electron chi connectivity index (χ0n) is 9.04. The minimum Gasteiger partial charge on any atom is -0.508 e. The minimum atomic E-state index is 0.215. The first-order valence-corrected chi connectivity index (χ1v) is 4.89. The summed E-state index contributed by atoms with van der Waals surface area (Å²) in [5, 5.41) is 18.8. The first-order valence-electron chi connectivity index (χ1n) is 4.89. The molecule has 0 saturated carbocycles. The van der Waals surface area contributed by atoms with Crippen LogP contribution < -0.4 is 0 Å². The van der Waals surface area contributed by atoms with Gasteiger partial charge in [0.15, 0.2) is 0 Å². The molecule has 0 aliphatic rings. The van der Waals surface area contributed by atoms with Gasteiger partial charge in [0.1, 0.15) is 11.5 Å². The molecule has 0 spiro atoms. The van der Waals surface area contributed by atoms with Crippen molar-refractivity contribution in [3.05, 3.63) is 23.8 Å². The van der Waals surface area contributed by atoms with E-state index in [0.717, 1.165) is 18.4 Å². The molecule has 1 aromatic rings. The van der Waals surface area contributed by atoms with Crippen LogP contribution in [0.2, 0.25) is 0 Å². The average molecular weight is 194 g/mol. The monoisotopic (exact) mass is 194 g/mol. The third kappa shape index (κ3) is 3.29. The molecular formula is C12H18O2. The molecule has 78 valence electrons. The first kappa shape index (κ1) is 10.9. The fourth-order valence-corrected chi connectivity index (χ4v) is 1.28. The number of phenolic OH excluding ortho intramolecular Hbond substituents is 2. The number of phenols is 2. The van der Waals surface area contributed by atoms with Gasteiger partial charge in [0, 0.05) is 0 Å². The van der Waals surface area contributed by atoms with Gasteiger partial charge in [-0.3, -0.25) is 0 Å². The van der Waals surface area contributed by atoms with Crippen LogP contribution in [0.3, 0.4) is 0 Å². The summed E-state index contributed by atoms with van der Waals surface area (Å²) in [5.74, 6) is 0.485. The van der Waals surface area contributed by atoms with Crippen LogP contribution in [0.1, 0.15) is 32.8 Å². The molecule has 2 nitrogen and oxygen atoms in total. The van der Waals surface area contributed by atoms with Crippen molar-refractivity contribution in [1.29, 1.82) is 0 Å². The Morgan fingerprint density at radius 3 is 2.36 bits per heavy atom. The molecular weight excluding hydrogens is 176 g/mol. The van der Waals surface area contributed by atoms with E-state index in [0.29, 0.717) is 0 Å². The summed E-state index contributed by atoms with van der Waals surface area (Å²) in [6, 6.07) is 4.66. The fourth-order valence-electron chi connectivity index (χ4n) is 1.28. The number of rotatable bonds is 2. The summed E-state index contributed by atoms with van der Waals surface area (Å²) in [6.45, 7) is 6.48. The predicted octanol–water partition coefficient (Wildman–Crippen LogP) is 3.08. The van der Waals surface area contributed by atoms with E-state index in [4.69, 9.17) is 0 Å². The van der Waals surface area contributed by atoms with E-state index < -0.39 is 0 Å². The molecule has 0 saturated heterocycles. The van der Waals surface area contributed by atoms with Crippen molar-refractivity contribution < 1.29 is 10.2 Å². The third-order valence-electron chi connectivity index (χ3n) is 2.21. The summed E-state index contributed by atoms with van der Waals surface area (Å²) in [5.41, 5.74) is 1.07. The van der Waals surface area contributed by atoms with Gasteiger partial charge in [-0.25, -0.2) is 0 Å². The predicted molar refractivity (Wildman–Crippen MR) is 57.5 cm³/mol. The van der Waals surface area contributed by atoms with Crippen molar-refractivity contribution in [2.75, 3.05) is 0 Å². The SMILES string of the molecule is CC(C)(C)CCc1cc(O)ccc1O.